The molecule has 0 bridgehead atoms. The van der Waals surface area contributed by atoms with Gasteiger partial charge in [0.05, 0.1) is 14.2 Å². The minimum atomic E-state index is -0.802. The molecule has 0 aliphatic carbocycles. The van der Waals surface area contributed by atoms with Crippen molar-refractivity contribution in [3.8, 4) is 11.5 Å². The van der Waals surface area contributed by atoms with Gasteiger partial charge in [-0.15, -0.1) is 0 Å². The minimum Gasteiger partial charge on any atom is -0.497 e. The van der Waals surface area contributed by atoms with Crippen molar-refractivity contribution in [1.82, 2.24) is 4.98 Å². The SMILES string of the molecule is COc1ccc(OC)c(C2(C)CC(Nc3ccccn3)C(=O)O2)c1. The molecule has 1 fully saturated rings. The van der Waals surface area contributed by atoms with Crippen LogP contribution in [0.15, 0.2) is 42.6 Å². The van der Waals surface area contributed by atoms with Gasteiger partial charge in [-0.2, -0.15) is 0 Å². The van der Waals surface area contributed by atoms with E-state index in [9.17, 15) is 4.79 Å². The van der Waals surface area contributed by atoms with Crippen LogP contribution in [0.3, 0.4) is 0 Å². The summed E-state index contributed by atoms with van der Waals surface area (Å²) in [7, 11) is 3.19. The molecule has 2 unspecified atom stereocenters. The fourth-order valence-corrected chi connectivity index (χ4v) is 2.94. The average Bonchev–Trinajstić information content (AvgIpc) is 2.90. The first kappa shape index (κ1) is 16.1. The van der Waals surface area contributed by atoms with Crippen LogP contribution in [0.1, 0.15) is 18.9 Å². The van der Waals surface area contributed by atoms with Crippen molar-refractivity contribution >= 4 is 11.8 Å². The van der Waals surface area contributed by atoms with Crippen LogP contribution in [0, 0.1) is 0 Å². The van der Waals surface area contributed by atoms with Crippen LogP contribution in [0.25, 0.3) is 0 Å². The van der Waals surface area contributed by atoms with E-state index in [-0.39, 0.29) is 5.97 Å². The molecule has 24 heavy (non-hydrogen) atoms. The standard InChI is InChI=1S/C18H20N2O4/c1-18(13-10-12(22-2)7-8-15(13)23-3)11-14(17(21)24-18)20-16-6-4-5-9-19-16/h4-10,14H,11H2,1-3H3,(H,19,20). The summed E-state index contributed by atoms with van der Waals surface area (Å²) < 4.78 is 16.4. The number of esters is 1. The summed E-state index contributed by atoms with van der Waals surface area (Å²) in [6, 6.07) is 10.5. The number of nitrogens with one attached hydrogen (secondary N) is 1. The molecule has 1 aliphatic rings. The molecule has 1 aromatic heterocycles. The highest BCUT2D eigenvalue weighted by Gasteiger charge is 2.46. The Morgan fingerprint density at radius 2 is 2.08 bits per heavy atom. The highest BCUT2D eigenvalue weighted by Crippen LogP contribution is 2.43. The molecule has 126 valence electrons. The number of methoxy groups -OCH3 is 2. The van der Waals surface area contributed by atoms with E-state index in [0.717, 1.165) is 5.56 Å². The van der Waals surface area contributed by atoms with Gasteiger partial charge in [0.25, 0.3) is 0 Å². The topological polar surface area (TPSA) is 69.7 Å². The lowest BCUT2D eigenvalue weighted by atomic mass is 9.90. The van der Waals surface area contributed by atoms with Crippen LogP contribution in [0.5, 0.6) is 11.5 Å². The summed E-state index contributed by atoms with van der Waals surface area (Å²) >= 11 is 0. The van der Waals surface area contributed by atoms with Crippen LogP contribution in [0.4, 0.5) is 5.82 Å². The number of nitrogens with zero attached hydrogens (tertiary/aromatic N) is 1. The lowest BCUT2D eigenvalue weighted by Crippen LogP contribution is -2.25. The molecule has 1 saturated heterocycles. The number of benzene rings is 1. The van der Waals surface area contributed by atoms with E-state index in [4.69, 9.17) is 14.2 Å². The molecule has 2 heterocycles. The Morgan fingerprint density at radius 1 is 1.25 bits per heavy atom. The zero-order valence-corrected chi connectivity index (χ0v) is 13.9. The number of carbonyl (C=O) groups excluding carboxylic acids is 1. The van der Waals surface area contributed by atoms with E-state index >= 15 is 0 Å². The van der Waals surface area contributed by atoms with E-state index in [0.29, 0.717) is 23.7 Å². The zero-order chi connectivity index (χ0) is 17.2. The van der Waals surface area contributed by atoms with Crippen molar-refractivity contribution in [1.29, 1.82) is 0 Å². The molecule has 2 atom stereocenters. The van der Waals surface area contributed by atoms with Gasteiger partial charge in [0.15, 0.2) is 0 Å². The fourth-order valence-electron chi connectivity index (χ4n) is 2.94. The van der Waals surface area contributed by atoms with Crippen molar-refractivity contribution in [2.24, 2.45) is 0 Å². The van der Waals surface area contributed by atoms with Gasteiger partial charge in [-0.1, -0.05) is 6.07 Å². The van der Waals surface area contributed by atoms with E-state index < -0.39 is 11.6 Å². The zero-order valence-electron chi connectivity index (χ0n) is 13.9. The first-order valence-corrected chi connectivity index (χ1v) is 7.68. The second-order valence-electron chi connectivity index (χ2n) is 5.83. The smallest absolute Gasteiger partial charge is 0.329 e. The van der Waals surface area contributed by atoms with E-state index in [1.165, 1.54) is 0 Å². The van der Waals surface area contributed by atoms with Crippen LogP contribution >= 0.6 is 0 Å². The predicted octanol–water partition coefficient (Wildman–Crippen LogP) is 2.74. The molecule has 0 saturated carbocycles. The number of carbonyl (C=O) groups is 1. The van der Waals surface area contributed by atoms with E-state index in [2.05, 4.69) is 10.3 Å². The van der Waals surface area contributed by atoms with Crippen molar-refractivity contribution in [3.05, 3.63) is 48.2 Å². The fraction of sp³-hybridized carbons (Fsp3) is 0.333. The minimum absolute atomic E-state index is 0.312. The number of anilines is 1. The molecule has 1 N–H and O–H groups in total. The van der Waals surface area contributed by atoms with Gasteiger partial charge >= 0.3 is 5.97 Å². The normalized spacial score (nSPS) is 22.8. The lowest BCUT2D eigenvalue weighted by Gasteiger charge is -2.25. The molecule has 0 amide bonds. The lowest BCUT2D eigenvalue weighted by molar-refractivity contribution is -0.148. The Kier molecular flexibility index (Phi) is 4.29. The van der Waals surface area contributed by atoms with Gasteiger partial charge in [0, 0.05) is 18.2 Å². The molecule has 1 aromatic carbocycles. The largest absolute Gasteiger partial charge is 0.497 e. The monoisotopic (exact) mass is 328 g/mol. The summed E-state index contributed by atoms with van der Waals surface area (Å²) in [5.41, 5.74) is -0.0216. The van der Waals surface area contributed by atoms with Crippen LogP contribution in [-0.2, 0) is 15.1 Å². The second kappa shape index (κ2) is 6.39. The predicted molar refractivity (Wildman–Crippen MR) is 89.3 cm³/mol. The summed E-state index contributed by atoms with van der Waals surface area (Å²) in [6.07, 6.45) is 2.14. The highest BCUT2D eigenvalue weighted by atomic mass is 16.6. The maximum atomic E-state index is 12.3. The number of hydrogen-bond donors (Lipinski definition) is 1. The Balaban J connectivity index is 1.88. The van der Waals surface area contributed by atoms with Crippen molar-refractivity contribution in [3.63, 3.8) is 0 Å². The van der Waals surface area contributed by atoms with Gasteiger partial charge in [-0.05, 0) is 37.3 Å². The average molecular weight is 328 g/mol. The molecule has 1 aliphatic heterocycles. The van der Waals surface area contributed by atoms with Gasteiger partial charge in [-0.25, -0.2) is 9.78 Å². The second-order valence-corrected chi connectivity index (χ2v) is 5.83. The van der Waals surface area contributed by atoms with Gasteiger partial charge in [0.1, 0.15) is 29.0 Å². The van der Waals surface area contributed by atoms with Gasteiger partial charge in [0.2, 0.25) is 0 Å². The number of aromatic nitrogens is 1. The third kappa shape index (κ3) is 2.99. The molecule has 3 rings (SSSR count). The summed E-state index contributed by atoms with van der Waals surface area (Å²) in [5.74, 6) is 1.67. The van der Waals surface area contributed by atoms with Crippen molar-refractivity contribution in [2.75, 3.05) is 19.5 Å². The Morgan fingerprint density at radius 3 is 2.75 bits per heavy atom. The summed E-state index contributed by atoms with van der Waals surface area (Å²) in [6.45, 7) is 1.88. The van der Waals surface area contributed by atoms with Crippen LogP contribution in [0.2, 0.25) is 0 Å². The number of hydrogen-bond acceptors (Lipinski definition) is 6. The number of rotatable bonds is 5. The van der Waals surface area contributed by atoms with E-state index in [1.807, 2.05) is 43.3 Å². The molecule has 0 spiro atoms. The maximum Gasteiger partial charge on any atom is 0.329 e. The molecule has 2 aromatic rings. The highest BCUT2D eigenvalue weighted by molar-refractivity contribution is 5.82. The molecule has 6 heteroatoms. The molecular formula is C18H20N2O4. The first-order chi connectivity index (χ1) is 11.6. The van der Waals surface area contributed by atoms with E-state index in [1.54, 1.807) is 20.4 Å². The summed E-state index contributed by atoms with van der Waals surface area (Å²) in [5, 5.41) is 3.12. The number of cyclic esters (lactones) is 1. The Bertz CT molecular complexity index is 735. The van der Waals surface area contributed by atoms with Crippen molar-refractivity contribution < 1.29 is 19.0 Å². The van der Waals surface area contributed by atoms with Gasteiger partial charge < -0.3 is 19.5 Å². The quantitative estimate of drug-likeness (QED) is 0.851. The Hall–Kier alpha value is -2.76. The molecular weight excluding hydrogens is 308 g/mol. The van der Waals surface area contributed by atoms with Crippen LogP contribution in [-0.4, -0.2) is 31.2 Å². The molecule has 0 radical (unpaired) electrons. The van der Waals surface area contributed by atoms with Gasteiger partial charge in [-0.3, -0.25) is 0 Å². The third-order valence-electron chi connectivity index (χ3n) is 4.17. The Labute approximate surface area is 140 Å². The first-order valence-electron chi connectivity index (χ1n) is 7.68. The number of ether oxygens (including phenoxy) is 3. The molecule has 6 nitrogen and oxygen atoms in total. The third-order valence-corrected chi connectivity index (χ3v) is 4.17. The summed E-state index contributed by atoms with van der Waals surface area (Å²) in [4.78, 5) is 16.5. The number of pyridine rings is 1. The van der Waals surface area contributed by atoms with Crippen LogP contribution < -0.4 is 14.8 Å². The van der Waals surface area contributed by atoms with Crippen molar-refractivity contribution in [2.45, 2.75) is 25.0 Å². The maximum absolute atomic E-state index is 12.3.